The average Bonchev–Trinajstić information content (AvgIpc) is 3.48. The van der Waals surface area contributed by atoms with E-state index in [1.54, 1.807) is 6.92 Å². The van der Waals surface area contributed by atoms with Crippen molar-refractivity contribution in [3.63, 3.8) is 0 Å². The lowest BCUT2D eigenvalue weighted by Gasteiger charge is -2.01. The number of thiazole rings is 1. The van der Waals surface area contributed by atoms with Gasteiger partial charge in [-0.25, -0.2) is 14.5 Å². The maximum atomic E-state index is 12.8. The van der Waals surface area contributed by atoms with Gasteiger partial charge in [0.15, 0.2) is 5.13 Å². The molecule has 0 saturated carbocycles. The molecule has 2 heterocycles. The van der Waals surface area contributed by atoms with Crippen molar-refractivity contribution >= 4 is 34.0 Å². The van der Waals surface area contributed by atoms with E-state index in [1.165, 1.54) is 41.3 Å². The summed E-state index contributed by atoms with van der Waals surface area (Å²) in [5.74, 6) is -0.979. The van der Waals surface area contributed by atoms with Crippen LogP contribution in [0, 0.1) is 10.1 Å². The second-order valence-corrected chi connectivity index (χ2v) is 7.68. The number of nitrogens with zero attached hydrogens (tertiary/aromatic N) is 4. The third kappa shape index (κ3) is 4.77. The first-order valence-corrected chi connectivity index (χ1v) is 10.6. The fourth-order valence-electron chi connectivity index (χ4n) is 2.98. The molecule has 33 heavy (non-hydrogen) atoms. The maximum absolute atomic E-state index is 12.8. The van der Waals surface area contributed by atoms with Crippen LogP contribution in [-0.4, -0.2) is 38.2 Å². The van der Waals surface area contributed by atoms with Gasteiger partial charge in [0.1, 0.15) is 4.88 Å². The van der Waals surface area contributed by atoms with Crippen molar-refractivity contribution in [2.24, 2.45) is 0 Å². The summed E-state index contributed by atoms with van der Waals surface area (Å²) in [5.41, 5.74) is 1.92. The van der Waals surface area contributed by atoms with Gasteiger partial charge in [-0.2, -0.15) is 5.10 Å². The van der Waals surface area contributed by atoms with Gasteiger partial charge in [0.05, 0.1) is 34.7 Å². The molecule has 4 aromatic rings. The van der Waals surface area contributed by atoms with E-state index in [1.807, 2.05) is 30.3 Å². The first-order valence-electron chi connectivity index (χ1n) is 9.80. The second kappa shape index (κ2) is 9.40. The van der Waals surface area contributed by atoms with Crippen LogP contribution in [0.3, 0.4) is 0 Å². The SMILES string of the molecule is CCOC(=O)c1sc(NC(=O)c2cnn(-c3ccc([N+](=O)[O-])cc3)c2)nc1-c1ccccc1. The highest BCUT2D eigenvalue weighted by Gasteiger charge is 2.22. The molecule has 2 aromatic carbocycles. The molecule has 11 heteroatoms. The summed E-state index contributed by atoms with van der Waals surface area (Å²) in [6.45, 7) is 1.93. The van der Waals surface area contributed by atoms with E-state index in [0.29, 0.717) is 16.3 Å². The maximum Gasteiger partial charge on any atom is 0.350 e. The van der Waals surface area contributed by atoms with Crippen LogP contribution in [0.15, 0.2) is 67.0 Å². The fourth-order valence-corrected chi connectivity index (χ4v) is 3.85. The van der Waals surface area contributed by atoms with Gasteiger partial charge >= 0.3 is 5.97 Å². The van der Waals surface area contributed by atoms with Crippen LogP contribution in [0.25, 0.3) is 16.9 Å². The van der Waals surface area contributed by atoms with E-state index in [4.69, 9.17) is 4.74 Å². The quantitative estimate of drug-likeness (QED) is 0.245. The van der Waals surface area contributed by atoms with Gasteiger partial charge in [-0.1, -0.05) is 41.7 Å². The zero-order chi connectivity index (χ0) is 23.4. The largest absolute Gasteiger partial charge is 0.462 e. The second-order valence-electron chi connectivity index (χ2n) is 6.68. The van der Waals surface area contributed by atoms with Crippen molar-refractivity contribution < 1.29 is 19.2 Å². The Bertz CT molecular complexity index is 1310. The zero-order valence-electron chi connectivity index (χ0n) is 17.3. The van der Waals surface area contributed by atoms with E-state index in [-0.39, 0.29) is 23.0 Å². The minimum absolute atomic E-state index is 0.0423. The van der Waals surface area contributed by atoms with Crippen LogP contribution < -0.4 is 5.32 Å². The van der Waals surface area contributed by atoms with Gasteiger partial charge in [-0.05, 0) is 19.1 Å². The zero-order valence-corrected chi connectivity index (χ0v) is 18.1. The Balaban J connectivity index is 1.56. The summed E-state index contributed by atoms with van der Waals surface area (Å²) in [4.78, 5) is 40.2. The van der Waals surface area contributed by atoms with Crippen molar-refractivity contribution in [1.82, 2.24) is 14.8 Å². The monoisotopic (exact) mass is 463 g/mol. The number of aromatic nitrogens is 3. The Kier molecular flexibility index (Phi) is 6.22. The van der Waals surface area contributed by atoms with Crippen molar-refractivity contribution in [3.05, 3.63) is 87.5 Å². The van der Waals surface area contributed by atoms with Crippen LogP contribution in [0.1, 0.15) is 27.0 Å². The topological polar surface area (TPSA) is 129 Å². The molecule has 0 aliphatic heterocycles. The van der Waals surface area contributed by atoms with Crippen molar-refractivity contribution in [3.8, 4) is 16.9 Å². The van der Waals surface area contributed by atoms with Crippen LogP contribution in [0.2, 0.25) is 0 Å². The molecule has 0 aliphatic carbocycles. The highest BCUT2D eigenvalue weighted by molar-refractivity contribution is 7.18. The van der Waals surface area contributed by atoms with E-state index in [0.717, 1.165) is 16.9 Å². The molecule has 2 aromatic heterocycles. The molecule has 0 radical (unpaired) electrons. The van der Waals surface area contributed by atoms with Gasteiger partial charge in [-0.3, -0.25) is 20.2 Å². The van der Waals surface area contributed by atoms with E-state index in [9.17, 15) is 19.7 Å². The Hall–Kier alpha value is -4.38. The molecule has 0 unspecified atom stereocenters. The van der Waals surface area contributed by atoms with E-state index >= 15 is 0 Å². The minimum atomic E-state index is -0.514. The Labute approximate surface area is 191 Å². The summed E-state index contributed by atoms with van der Waals surface area (Å²) in [6.07, 6.45) is 2.86. The van der Waals surface area contributed by atoms with Gasteiger partial charge in [0.2, 0.25) is 0 Å². The molecule has 1 N–H and O–H groups in total. The van der Waals surface area contributed by atoms with Gasteiger partial charge in [0.25, 0.3) is 11.6 Å². The number of nitrogens with one attached hydrogen (secondary N) is 1. The number of nitro groups is 1. The number of ether oxygens (including phenoxy) is 1. The van der Waals surface area contributed by atoms with Crippen molar-refractivity contribution in [2.45, 2.75) is 6.92 Å². The highest BCUT2D eigenvalue weighted by atomic mass is 32.1. The highest BCUT2D eigenvalue weighted by Crippen LogP contribution is 2.32. The molecule has 0 saturated heterocycles. The number of hydrogen-bond acceptors (Lipinski definition) is 8. The number of anilines is 1. The normalized spacial score (nSPS) is 10.6. The first kappa shape index (κ1) is 21.8. The van der Waals surface area contributed by atoms with E-state index < -0.39 is 16.8 Å². The van der Waals surface area contributed by atoms with Crippen LogP contribution in [0.5, 0.6) is 0 Å². The smallest absolute Gasteiger partial charge is 0.350 e. The molecule has 0 bridgehead atoms. The van der Waals surface area contributed by atoms with Crippen molar-refractivity contribution in [2.75, 3.05) is 11.9 Å². The Morgan fingerprint density at radius 1 is 1.15 bits per heavy atom. The molecular formula is C22H17N5O5S. The molecule has 0 aliphatic rings. The van der Waals surface area contributed by atoms with Crippen molar-refractivity contribution in [1.29, 1.82) is 0 Å². The molecular weight excluding hydrogens is 446 g/mol. The summed E-state index contributed by atoms with van der Waals surface area (Å²) >= 11 is 1.02. The standard InChI is InChI=1S/C22H17N5O5S/c1-2-32-21(29)19-18(14-6-4-3-5-7-14)24-22(33-19)25-20(28)15-12-23-26(13-15)16-8-10-17(11-9-16)27(30)31/h3-13H,2H2,1H3,(H,24,25,28). The van der Waals surface area contributed by atoms with Crippen LogP contribution in [0.4, 0.5) is 10.8 Å². The summed E-state index contributed by atoms with van der Waals surface area (Å²) in [5, 5.41) is 17.9. The van der Waals surface area contributed by atoms with E-state index in [2.05, 4.69) is 15.4 Å². The third-order valence-corrected chi connectivity index (χ3v) is 5.48. The minimum Gasteiger partial charge on any atom is -0.462 e. The molecule has 10 nitrogen and oxygen atoms in total. The summed E-state index contributed by atoms with van der Waals surface area (Å²) in [7, 11) is 0. The summed E-state index contributed by atoms with van der Waals surface area (Å²) < 4.78 is 6.56. The number of benzene rings is 2. The Morgan fingerprint density at radius 3 is 2.55 bits per heavy atom. The average molecular weight is 463 g/mol. The lowest BCUT2D eigenvalue weighted by atomic mass is 10.1. The number of rotatable bonds is 7. The van der Waals surface area contributed by atoms with Gasteiger partial charge in [0, 0.05) is 23.9 Å². The molecule has 0 atom stereocenters. The number of carbonyl (C=O) groups excluding carboxylic acids is 2. The number of nitro benzene ring substituents is 1. The number of non-ortho nitro benzene ring substituents is 1. The predicted octanol–water partition coefficient (Wildman–Crippen LogP) is 4.33. The third-order valence-electron chi connectivity index (χ3n) is 4.53. The van der Waals surface area contributed by atoms with Gasteiger partial charge in [-0.15, -0.1) is 0 Å². The lowest BCUT2D eigenvalue weighted by Crippen LogP contribution is -2.10. The molecule has 1 amide bonds. The predicted molar refractivity (Wildman–Crippen MR) is 122 cm³/mol. The van der Waals surface area contributed by atoms with Gasteiger partial charge < -0.3 is 4.74 Å². The molecule has 0 fully saturated rings. The molecule has 0 spiro atoms. The number of carbonyl (C=O) groups is 2. The fraction of sp³-hybridized carbons (Fsp3) is 0.0909. The number of amides is 1. The number of hydrogen-bond donors (Lipinski definition) is 1. The lowest BCUT2D eigenvalue weighted by molar-refractivity contribution is -0.384. The Morgan fingerprint density at radius 2 is 1.88 bits per heavy atom. The summed E-state index contributed by atoms with van der Waals surface area (Å²) in [6, 6.07) is 14.9. The van der Waals surface area contributed by atoms with Crippen LogP contribution >= 0.6 is 11.3 Å². The first-order chi connectivity index (χ1) is 16.0. The number of esters is 1. The molecule has 4 rings (SSSR count). The van der Waals surface area contributed by atoms with Crippen LogP contribution in [-0.2, 0) is 4.74 Å². The molecule has 166 valence electrons.